The van der Waals surface area contributed by atoms with Crippen molar-refractivity contribution < 1.29 is 4.52 Å². The van der Waals surface area contributed by atoms with Crippen molar-refractivity contribution in [3.05, 3.63) is 51.1 Å². The SMILES string of the molecule is Cc1nn(C)c(C)c1Cc1nc(-c2cccn3c(I)cnc23)no1. The Morgan fingerprint density at radius 3 is 2.88 bits per heavy atom. The zero-order valence-electron chi connectivity index (χ0n) is 13.5. The van der Waals surface area contributed by atoms with Gasteiger partial charge in [-0.1, -0.05) is 5.16 Å². The van der Waals surface area contributed by atoms with Gasteiger partial charge in [0.15, 0.2) is 0 Å². The summed E-state index contributed by atoms with van der Waals surface area (Å²) in [4.78, 5) is 9.00. The van der Waals surface area contributed by atoms with Crippen LogP contribution in [-0.4, -0.2) is 29.3 Å². The fourth-order valence-electron chi connectivity index (χ4n) is 2.82. The van der Waals surface area contributed by atoms with Gasteiger partial charge in [0.25, 0.3) is 0 Å². The van der Waals surface area contributed by atoms with Crippen LogP contribution in [0.5, 0.6) is 0 Å². The van der Waals surface area contributed by atoms with Crippen LogP contribution in [0.4, 0.5) is 0 Å². The molecule has 4 aromatic heterocycles. The molecule has 4 rings (SSSR count). The second-order valence-corrected chi connectivity index (χ2v) is 6.76. The number of rotatable bonds is 3. The molecule has 8 heteroatoms. The van der Waals surface area contributed by atoms with Crippen molar-refractivity contribution in [3.8, 4) is 11.4 Å². The van der Waals surface area contributed by atoms with Crippen LogP contribution in [-0.2, 0) is 13.5 Å². The van der Waals surface area contributed by atoms with E-state index in [4.69, 9.17) is 4.52 Å². The number of fused-ring (bicyclic) bond motifs is 1. The molecule has 4 aromatic rings. The smallest absolute Gasteiger partial charge is 0.231 e. The van der Waals surface area contributed by atoms with Crippen LogP contribution in [0.3, 0.4) is 0 Å². The van der Waals surface area contributed by atoms with Crippen molar-refractivity contribution in [2.24, 2.45) is 7.05 Å². The first-order chi connectivity index (χ1) is 11.5. The molecule has 4 heterocycles. The van der Waals surface area contributed by atoms with Gasteiger partial charge in [0.1, 0.15) is 9.35 Å². The standard InChI is InChI=1S/C16H15IN6O/c1-9-12(10(2)22(3)20-9)7-14-19-15(21-24-14)11-5-4-6-23-13(17)8-18-16(11)23/h4-6,8H,7H2,1-3H3. The van der Waals surface area contributed by atoms with Crippen molar-refractivity contribution in [1.29, 1.82) is 0 Å². The maximum atomic E-state index is 5.46. The highest BCUT2D eigenvalue weighted by atomic mass is 127. The molecule has 0 atom stereocenters. The maximum absolute atomic E-state index is 5.46. The van der Waals surface area contributed by atoms with Gasteiger partial charge >= 0.3 is 0 Å². The van der Waals surface area contributed by atoms with Gasteiger partial charge in [0, 0.05) is 24.5 Å². The van der Waals surface area contributed by atoms with Crippen molar-refractivity contribution in [1.82, 2.24) is 29.3 Å². The predicted octanol–water partition coefficient (Wildman–Crippen LogP) is 2.93. The van der Waals surface area contributed by atoms with Crippen LogP contribution in [0.1, 0.15) is 22.8 Å². The molecule has 0 saturated heterocycles. The second-order valence-electron chi connectivity index (χ2n) is 5.66. The zero-order chi connectivity index (χ0) is 16.8. The number of aryl methyl sites for hydroxylation is 2. The highest BCUT2D eigenvalue weighted by Crippen LogP contribution is 2.24. The second kappa shape index (κ2) is 5.69. The Kier molecular flexibility index (Phi) is 3.63. The van der Waals surface area contributed by atoms with Crippen molar-refractivity contribution >= 4 is 28.2 Å². The summed E-state index contributed by atoms with van der Waals surface area (Å²) in [5, 5.41) is 8.57. The molecule has 7 nitrogen and oxygen atoms in total. The fourth-order valence-corrected chi connectivity index (χ4v) is 3.34. The first-order valence-electron chi connectivity index (χ1n) is 7.48. The summed E-state index contributed by atoms with van der Waals surface area (Å²) in [5.41, 5.74) is 4.90. The van der Waals surface area contributed by atoms with E-state index in [1.165, 1.54) is 0 Å². The molecule has 0 N–H and O–H groups in total. The third-order valence-electron chi connectivity index (χ3n) is 4.19. The Morgan fingerprint density at radius 1 is 1.29 bits per heavy atom. The van der Waals surface area contributed by atoms with E-state index in [1.54, 1.807) is 0 Å². The zero-order valence-corrected chi connectivity index (χ0v) is 15.6. The van der Waals surface area contributed by atoms with E-state index in [0.717, 1.165) is 31.9 Å². The average molecular weight is 434 g/mol. The van der Waals surface area contributed by atoms with Crippen LogP contribution in [0.25, 0.3) is 17.0 Å². The Bertz CT molecular complexity index is 1040. The molecule has 0 spiro atoms. The van der Waals surface area contributed by atoms with Crippen LogP contribution >= 0.6 is 22.6 Å². The molecule has 0 aliphatic rings. The van der Waals surface area contributed by atoms with E-state index >= 15 is 0 Å². The number of hydrogen-bond donors (Lipinski definition) is 0. The molecule has 0 unspecified atom stereocenters. The summed E-state index contributed by atoms with van der Waals surface area (Å²) in [6.45, 7) is 4.03. The molecule has 0 aromatic carbocycles. The van der Waals surface area contributed by atoms with Crippen molar-refractivity contribution in [2.45, 2.75) is 20.3 Å². The summed E-state index contributed by atoms with van der Waals surface area (Å²) in [7, 11) is 1.94. The minimum atomic E-state index is 0.553. The predicted molar refractivity (Wildman–Crippen MR) is 96.7 cm³/mol. The minimum absolute atomic E-state index is 0.553. The number of imidazole rings is 1. The van der Waals surface area contributed by atoms with Gasteiger partial charge in [-0.25, -0.2) is 4.98 Å². The van der Waals surface area contributed by atoms with Gasteiger partial charge in [-0.2, -0.15) is 10.1 Å². The van der Waals surface area contributed by atoms with Gasteiger partial charge in [-0.05, 0) is 48.6 Å². The molecule has 0 amide bonds. The lowest BCUT2D eigenvalue weighted by molar-refractivity contribution is 0.385. The number of pyridine rings is 1. The van der Waals surface area contributed by atoms with Gasteiger partial charge in [-0.3, -0.25) is 9.08 Å². The number of aromatic nitrogens is 6. The van der Waals surface area contributed by atoms with E-state index in [0.29, 0.717) is 18.1 Å². The van der Waals surface area contributed by atoms with Gasteiger partial charge in [0.05, 0.1) is 23.9 Å². The van der Waals surface area contributed by atoms with Crippen LogP contribution in [0.15, 0.2) is 29.0 Å². The summed E-state index contributed by atoms with van der Waals surface area (Å²) in [5.74, 6) is 1.13. The molecule has 24 heavy (non-hydrogen) atoms. The summed E-state index contributed by atoms with van der Waals surface area (Å²) >= 11 is 2.25. The molecule has 122 valence electrons. The molecule has 0 aliphatic carbocycles. The maximum Gasteiger partial charge on any atom is 0.231 e. The lowest BCUT2D eigenvalue weighted by Gasteiger charge is -1.99. The third-order valence-corrected chi connectivity index (χ3v) is 4.98. The largest absolute Gasteiger partial charge is 0.339 e. The number of halogens is 1. The number of nitrogens with zero attached hydrogens (tertiary/aromatic N) is 6. The first-order valence-corrected chi connectivity index (χ1v) is 8.56. The Hall–Kier alpha value is -2.23. The lowest BCUT2D eigenvalue weighted by Crippen LogP contribution is -1.95. The Balaban J connectivity index is 1.72. The van der Waals surface area contributed by atoms with E-state index in [-0.39, 0.29) is 0 Å². The molecule has 0 bridgehead atoms. The fraction of sp³-hybridized carbons (Fsp3) is 0.250. The van der Waals surface area contributed by atoms with Crippen LogP contribution in [0, 0.1) is 17.5 Å². The van der Waals surface area contributed by atoms with Gasteiger partial charge < -0.3 is 4.52 Å². The minimum Gasteiger partial charge on any atom is -0.339 e. The molecular formula is C16H15IN6O. The first kappa shape index (κ1) is 15.3. The van der Waals surface area contributed by atoms with E-state index in [2.05, 4.69) is 42.8 Å². The van der Waals surface area contributed by atoms with Gasteiger partial charge in [-0.15, -0.1) is 0 Å². The Morgan fingerprint density at radius 2 is 2.12 bits per heavy atom. The summed E-state index contributed by atoms with van der Waals surface area (Å²) in [6, 6.07) is 3.91. The van der Waals surface area contributed by atoms with Crippen LogP contribution < -0.4 is 0 Å². The highest BCUT2D eigenvalue weighted by molar-refractivity contribution is 14.1. The molecule has 0 fully saturated rings. The topological polar surface area (TPSA) is 74.0 Å². The molecule has 0 aliphatic heterocycles. The van der Waals surface area contributed by atoms with E-state index in [1.807, 2.05) is 54.5 Å². The van der Waals surface area contributed by atoms with Crippen molar-refractivity contribution in [2.75, 3.05) is 0 Å². The normalized spacial score (nSPS) is 11.5. The Labute approximate surface area is 151 Å². The van der Waals surface area contributed by atoms with Crippen LogP contribution in [0.2, 0.25) is 0 Å². The molecule has 0 saturated carbocycles. The average Bonchev–Trinajstić information content (AvgIpc) is 3.24. The quantitative estimate of drug-likeness (QED) is 0.464. The van der Waals surface area contributed by atoms with Crippen molar-refractivity contribution in [3.63, 3.8) is 0 Å². The van der Waals surface area contributed by atoms with Gasteiger partial charge in [0.2, 0.25) is 11.7 Å². The number of hydrogen-bond acceptors (Lipinski definition) is 5. The highest BCUT2D eigenvalue weighted by Gasteiger charge is 2.17. The lowest BCUT2D eigenvalue weighted by atomic mass is 10.1. The summed E-state index contributed by atoms with van der Waals surface area (Å²) < 4.78 is 10.4. The van der Waals surface area contributed by atoms with E-state index in [9.17, 15) is 0 Å². The molecular weight excluding hydrogens is 419 g/mol. The van der Waals surface area contributed by atoms with E-state index < -0.39 is 0 Å². The summed E-state index contributed by atoms with van der Waals surface area (Å²) in [6.07, 6.45) is 4.37. The monoisotopic (exact) mass is 434 g/mol. The third kappa shape index (κ3) is 2.41. The molecule has 0 radical (unpaired) electrons.